The third-order valence-electron chi connectivity index (χ3n) is 4.98. The summed E-state index contributed by atoms with van der Waals surface area (Å²) in [5.74, 6) is 0.555. The summed E-state index contributed by atoms with van der Waals surface area (Å²) >= 11 is 0. The van der Waals surface area contributed by atoms with Crippen LogP contribution in [0.2, 0.25) is 0 Å². The van der Waals surface area contributed by atoms with E-state index in [-0.39, 0.29) is 5.60 Å². The Morgan fingerprint density at radius 3 is 2.71 bits per heavy atom. The van der Waals surface area contributed by atoms with E-state index in [4.69, 9.17) is 9.47 Å². The maximum atomic E-state index is 6.11. The zero-order valence-corrected chi connectivity index (χ0v) is 13.0. The molecule has 1 N–H and O–H groups in total. The molecule has 0 radical (unpaired) electrons. The summed E-state index contributed by atoms with van der Waals surface area (Å²) in [6.45, 7) is 5.94. The molecule has 2 aliphatic rings. The maximum Gasteiger partial charge on any atom is 0.0741 e. The Bertz CT molecular complexity index is 423. The van der Waals surface area contributed by atoms with Crippen molar-refractivity contribution in [3.8, 4) is 0 Å². The van der Waals surface area contributed by atoms with Crippen LogP contribution in [-0.2, 0) is 9.47 Å². The van der Waals surface area contributed by atoms with Gasteiger partial charge in [-0.25, -0.2) is 0 Å². The molecule has 3 rings (SSSR count). The van der Waals surface area contributed by atoms with Crippen LogP contribution in [0.3, 0.4) is 0 Å². The first-order valence-corrected chi connectivity index (χ1v) is 8.27. The second-order valence-electron chi connectivity index (χ2n) is 6.55. The lowest BCUT2D eigenvalue weighted by molar-refractivity contribution is -0.140. The Hall–Kier alpha value is -0.900. The molecule has 0 amide bonds. The number of nitrogens with one attached hydrogen (secondary N) is 1. The molecule has 0 saturated carbocycles. The van der Waals surface area contributed by atoms with Crippen molar-refractivity contribution in [2.24, 2.45) is 0 Å². The molecule has 0 aliphatic carbocycles. The van der Waals surface area contributed by atoms with Gasteiger partial charge in [-0.3, -0.25) is 0 Å². The van der Waals surface area contributed by atoms with Crippen LogP contribution in [0.4, 0.5) is 0 Å². The van der Waals surface area contributed by atoms with Gasteiger partial charge >= 0.3 is 0 Å². The predicted molar refractivity (Wildman–Crippen MR) is 84.6 cm³/mol. The van der Waals surface area contributed by atoms with Crippen molar-refractivity contribution in [3.05, 3.63) is 35.9 Å². The van der Waals surface area contributed by atoms with Gasteiger partial charge in [0.15, 0.2) is 0 Å². The van der Waals surface area contributed by atoms with Crippen molar-refractivity contribution >= 4 is 0 Å². The number of ether oxygens (including phenoxy) is 2. The van der Waals surface area contributed by atoms with E-state index in [2.05, 4.69) is 42.6 Å². The molecule has 1 spiro atoms. The zero-order valence-electron chi connectivity index (χ0n) is 13.0. The van der Waals surface area contributed by atoms with Crippen molar-refractivity contribution in [3.63, 3.8) is 0 Å². The van der Waals surface area contributed by atoms with Crippen LogP contribution < -0.4 is 5.32 Å². The third-order valence-corrected chi connectivity index (χ3v) is 4.98. The molecule has 116 valence electrons. The Balaban J connectivity index is 1.51. The molecule has 2 atom stereocenters. The summed E-state index contributed by atoms with van der Waals surface area (Å²) in [5.41, 5.74) is 1.50. The maximum absolute atomic E-state index is 6.11. The van der Waals surface area contributed by atoms with E-state index < -0.39 is 0 Å². The van der Waals surface area contributed by atoms with Gasteiger partial charge in [-0.1, -0.05) is 37.3 Å². The molecule has 2 unspecified atom stereocenters. The third kappa shape index (κ3) is 3.85. The van der Waals surface area contributed by atoms with Gasteiger partial charge in [0.25, 0.3) is 0 Å². The first-order chi connectivity index (χ1) is 10.3. The van der Waals surface area contributed by atoms with E-state index in [1.54, 1.807) is 0 Å². The molecule has 2 fully saturated rings. The van der Waals surface area contributed by atoms with Gasteiger partial charge in [-0.05, 0) is 37.2 Å². The summed E-state index contributed by atoms with van der Waals surface area (Å²) in [7, 11) is 0. The minimum absolute atomic E-state index is 0.0875. The monoisotopic (exact) mass is 289 g/mol. The van der Waals surface area contributed by atoms with Crippen LogP contribution >= 0.6 is 0 Å². The second kappa shape index (κ2) is 6.91. The fraction of sp³-hybridized carbons (Fsp3) is 0.667. The summed E-state index contributed by atoms with van der Waals surface area (Å²) in [6.07, 6.45) is 4.38. The molecule has 0 aromatic heterocycles. The Morgan fingerprint density at radius 2 is 1.95 bits per heavy atom. The van der Waals surface area contributed by atoms with E-state index >= 15 is 0 Å². The summed E-state index contributed by atoms with van der Waals surface area (Å²) in [5, 5.41) is 3.77. The molecular weight excluding hydrogens is 262 g/mol. The fourth-order valence-corrected chi connectivity index (χ4v) is 3.54. The van der Waals surface area contributed by atoms with Crippen molar-refractivity contribution < 1.29 is 9.47 Å². The van der Waals surface area contributed by atoms with Gasteiger partial charge in [0.2, 0.25) is 0 Å². The van der Waals surface area contributed by atoms with Crippen molar-refractivity contribution in [1.29, 1.82) is 0 Å². The van der Waals surface area contributed by atoms with Gasteiger partial charge < -0.3 is 14.8 Å². The molecule has 2 saturated heterocycles. The second-order valence-corrected chi connectivity index (χ2v) is 6.55. The van der Waals surface area contributed by atoms with E-state index in [0.29, 0.717) is 12.0 Å². The Kier molecular flexibility index (Phi) is 4.94. The zero-order chi connectivity index (χ0) is 14.5. The van der Waals surface area contributed by atoms with Gasteiger partial charge in [-0.2, -0.15) is 0 Å². The van der Waals surface area contributed by atoms with Gasteiger partial charge in [0, 0.05) is 32.4 Å². The van der Waals surface area contributed by atoms with E-state index in [0.717, 1.165) is 52.0 Å². The van der Waals surface area contributed by atoms with Crippen LogP contribution in [0.25, 0.3) is 0 Å². The molecule has 2 heterocycles. The topological polar surface area (TPSA) is 30.5 Å². The highest BCUT2D eigenvalue weighted by molar-refractivity contribution is 5.19. The highest BCUT2D eigenvalue weighted by Gasteiger charge is 2.38. The SMILES string of the molecule is CC(CNC1CCOC2(CCOCC2)C1)c1ccccc1. The predicted octanol–water partition coefficient (Wildman–Crippen LogP) is 3.11. The lowest BCUT2D eigenvalue weighted by atomic mass is 9.84. The normalized spacial score (nSPS) is 26.6. The molecule has 3 heteroatoms. The smallest absolute Gasteiger partial charge is 0.0741 e. The van der Waals surface area contributed by atoms with E-state index in [1.807, 2.05) is 0 Å². The van der Waals surface area contributed by atoms with Crippen molar-refractivity contribution in [2.45, 2.75) is 50.2 Å². The summed E-state index contributed by atoms with van der Waals surface area (Å²) in [6, 6.07) is 11.3. The minimum Gasteiger partial charge on any atom is -0.381 e. The largest absolute Gasteiger partial charge is 0.381 e. The number of hydrogen-bond donors (Lipinski definition) is 1. The fourth-order valence-electron chi connectivity index (χ4n) is 3.54. The lowest BCUT2D eigenvalue weighted by Crippen LogP contribution is -2.50. The highest BCUT2D eigenvalue weighted by atomic mass is 16.5. The van der Waals surface area contributed by atoms with Crippen LogP contribution in [0.15, 0.2) is 30.3 Å². The van der Waals surface area contributed by atoms with E-state index in [1.165, 1.54) is 5.56 Å². The van der Waals surface area contributed by atoms with Gasteiger partial charge in [-0.15, -0.1) is 0 Å². The molecular formula is C18H27NO2. The average molecular weight is 289 g/mol. The molecule has 3 nitrogen and oxygen atoms in total. The minimum atomic E-state index is 0.0875. The van der Waals surface area contributed by atoms with Crippen LogP contribution in [0, 0.1) is 0 Å². The number of hydrogen-bond acceptors (Lipinski definition) is 3. The van der Waals surface area contributed by atoms with Crippen LogP contribution in [0.1, 0.15) is 44.1 Å². The summed E-state index contributed by atoms with van der Waals surface area (Å²) < 4.78 is 11.6. The van der Waals surface area contributed by atoms with Crippen LogP contribution in [-0.4, -0.2) is 38.0 Å². The van der Waals surface area contributed by atoms with Crippen LogP contribution in [0.5, 0.6) is 0 Å². The first-order valence-electron chi connectivity index (χ1n) is 8.27. The highest BCUT2D eigenvalue weighted by Crippen LogP contribution is 2.34. The quantitative estimate of drug-likeness (QED) is 0.924. The molecule has 21 heavy (non-hydrogen) atoms. The van der Waals surface area contributed by atoms with Gasteiger partial charge in [0.05, 0.1) is 5.60 Å². The van der Waals surface area contributed by atoms with Gasteiger partial charge in [0.1, 0.15) is 0 Å². The summed E-state index contributed by atoms with van der Waals surface area (Å²) in [4.78, 5) is 0. The molecule has 1 aromatic rings. The molecule has 0 bridgehead atoms. The van der Waals surface area contributed by atoms with E-state index in [9.17, 15) is 0 Å². The number of rotatable bonds is 4. The van der Waals surface area contributed by atoms with Crippen molar-refractivity contribution in [2.75, 3.05) is 26.4 Å². The Morgan fingerprint density at radius 1 is 1.19 bits per heavy atom. The first kappa shape index (κ1) is 15.0. The molecule has 2 aliphatic heterocycles. The standard InChI is InChI=1S/C18H27NO2/c1-15(16-5-3-2-4-6-16)14-19-17-7-10-21-18(13-17)8-11-20-12-9-18/h2-6,15,17,19H,7-14H2,1H3. The van der Waals surface area contributed by atoms with Crippen molar-refractivity contribution in [1.82, 2.24) is 5.32 Å². The number of benzene rings is 1. The lowest BCUT2D eigenvalue weighted by Gasteiger charge is -2.43. The average Bonchev–Trinajstić information content (AvgIpc) is 2.54. The Labute approximate surface area is 128 Å². The molecule has 1 aromatic carbocycles.